The highest BCUT2D eigenvalue weighted by molar-refractivity contribution is 9.10. The summed E-state index contributed by atoms with van der Waals surface area (Å²) in [6.07, 6.45) is 1.96. The monoisotopic (exact) mass is 764 g/mol. The van der Waals surface area contributed by atoms with Crippen LogP contribution >= 0.6 is 31.9 Å². The van der Waals surface area contributed by atoms with Crippen LogP contribution in [0.5, 0.6) is 23.0 Å². The van der Waals surface area contributed by atoms with E-state index in [1.165, 1.54) is 26.6 Å². The molecule has 240 valence electrons. The lowest BCUT2D eigenvalue weighted by Gasteiger charge is -2.09. The topological polar surface area (TPSA) is 154 Å². The lowest BCUT2D eigenvalue weighted by atomic mass is 10.2. The zero-order valence-corrected chi connectivity index (χ0v) is 28.0. The molecule has 2 amide bonds. The predicted octanol–water partition coefficient (Wildman–Crippen LogP) is 5.66. The second kappa shape index (κ2) is 16.8. The molecule has 0 heterocycles. The minimum Gasteiger partial charge on any atom is -0.497 e. The van der Waals surface area contributed by atoms with Crippen LogP contribution in [0.15, 0.2) is 104 Å². The van der Waals surface area contributed by atoms with Gasteiger partial charge in [-0.3, -0.25) is 9.59 Å². The number of carbonyl (C=O) groups is 4. The Hall–Kier alpha value is -5.34. The van der Waals surface area contributed by atoms with E-state index in [1.807, 2.05) is 0 Å². The number of carbonyl (C=O) groups excluding carboxylic acids is 4. The van der Waals surface area contributed by atoms with E-state index in [-0.39, 0.29) is 11.5 Å². The SMILES string of the molecule is COc1ccc(C(=O)Oc2ccc(Br)cc2/C=N\NC(=O)CC(=O)N/N=C\c2cc(Br)ccc2OC(=O)c2ccc(OC)cc2)cc1. The molecule has 0 spiro atoms. The van der Waals surface area contributed by atoms with Crippen molar-refractivity contribution >= 4 is 68.0 Å². The number of halogens is 2. The van der Waals surface area contributed by atoms with Crippen molar-refractivity contribution in [3.63, 3.8) is 0 Å². The van der Waals surface area contributed by atoms with Crippen molar-refractivity contribution in [2.45, 2.75) is 6.42 Å². The Bertz CT molecular complexity index is 1690. The van der Waals surface area contributed by atoms with Gasteiger partial charge in [-0.05, 0) is 84.9 Å². The van der Waals surface area contributed by atoms with Crippen LogP contribution < -0.4 is 29.8 Å². The third-order valence-electron chi connectivity index (χ3n) is 6.11. The second-order valence-corrected chi connectivity index (χ2v) is 11.2. The van der Waals surface area contributed by atoms with Gasteiger partial charge in [-0.15, -0.1) is 0 Å². The molecule has 2 N–H and O–H groups in total. The number of nitrogens with one attached hydrogen (secondary N) is 2. The lowest BCUT2D eigenvalue weighted by molar-refractivity contribution is -0.129. The quantitative estimate of drug-likeness (QED) is 0.0617. The van der Waals surface area contributed by atoms with Crippen molar-refractivity contribution in [1.29, 1.82) is 0 Å². The Labute approximate surface area is 286 Å². The number of nitrogens with zero attached hydrogens (tertiary/aromatic N) is 2. The fraction of sp³-hybridized carbons (Fsp3) is 0.0909. The fourth-order valence-electron chi connectivity index (χ4n) is 3.77. The molecule has 0 bridgehead atoms. The van der Waals surface area contributed by atoms with Crippen molar-refractivity contribution in [3.8, 4) is 23.0 Å². The molecule has 4 aromatic rings. The van der Waals surface area contributed by atoms with E-state index in [4.69, 9.17) is 18.9 Å². The van der Waals surface area contributed by atoms with E-state index in [0.717, 1.165) is 0 Å². The maximum Gasteiger partial charge on any atom is 0.343 e. The van der Waals surface area contributed by atoms with E-state index >= 15 is 0 Å². The molecule has 0 fully saturated rings. The van der Waals surface area contributed by atoms with Crippen molar-refractivity contribution in [1.82, 2.24) is 10.9 Å². The molecule has 0 atom stereocenters. The van der Waals surface area contributed by atoms with Crippen molar-refractivity contribution in [2.24, 2.45) is 10.2 Å². The summed E-state index contributed by atoms with van der Waals surface area (Å²) in [5.41, 5.74) is 5.89. The van der Waals surface area contributed by atoms with E-state index in [0.29, 0.717) is 42.7 Å². The van der Waals surface area contributed by atoms with Gasteiger partial charge in [-0.2, -0.15) is 10.2 Å². The summed E-state index contributed by atoms with van der Waals surface area (Å²) in [5.74, 6) is -1.07. The molecule has 14 heteroatoms. The maximum atomic E-state index is 12.6. The first kappa shape index (κ1) is 34.5. The number of ether oxygens (including phenoxy) is 4. The Balaban J connectivity index is 1.31. The summed E-state index contributed by atoms with van der Waals surface area (Å²) >= 11 is 6.70. The van der Waals surface area contributed by atoms with Gasteiger partial charge < -0.3 is 18.9 Å². The molecule has 4 aromatic carbocycles. The third kappa shape index (κ3) is 10.3. The van der Waals surface area contributed by atoms with E-state index in [9.17, 15) is 19.2 Å². The van der Waals surface area contributed by atoms with Crippen LogP contribution in [0.3, 0.4) is 0 Å². The Morgan fingerprint density at radius 2 is 1.00 bits per heavy atom. The zero-order chi connectivity index (χ0) is 33.8. The summed E-state index contributed by atoms with van der Waals surface area (Å²) in [7, 11) is 3.04. The van der Waals surface area contributed by atoms with Gasteiger partial charge in [0.05, 0.1) is 37.8 Å². The van der Waals surface area contributed by atoms with Gasteiger partial charge in [0.1, 0.15) is 29.4 Å². The molecule has 0 aliphatic carbocycles. The van der Waals surface area contributed by atoms with E-state index in [2.05, 4.69) is 52.9 Å². The molecule has 0 saturated heterocycles. The molecule has 0 unspecified atom stereocenters. The highest BCUT2D eigenvalue weighted by atomic mass is 79.9. The molecule has 12 nitrogen and oxygen atoms in total. The molecule has 0 aliphatic rings. The van der Waals surface area contributed by atoms with Gasteiger partial charge in [0.15, 0.2) is 0 Å². The first-order chi connectivity index (χ1) is 22.6. The van der Waals surface area contributed by atoms with Crippen LogP contribution in [-0.4, -0.2) is 50.4 Å². The summed E-state index contributed by atoms with van der Waals surface area (Å²) in [6, 6.07) is 22.6. The van der Waals surface area contributed by atoms with Crippen molar-refractivity contribution < 1.29 is 38.1 Å². The molecule has 47 heavy (non-hydrogen) atoms. The molecule has 0 radical (unpaired) electrons. The summed E-state index contributed by atoms with van der Waals surface area (Å²) < 4.78 is 22.6. The molecular formula is C33H26Br2N4O8. The van der Waals surface area contributed by atoms with E-state index < -0.39 is 30.2 Å². The van der Waals surface area contributed by atoms with Gasteiger partial charge in [0, 0.05) is 20.1 Å². The summed E-state index contributed by atoms with van der Waals surface area (Å²) in [4.78, 5) is 49.9. The van der Waals surface area contributed by atoms with Crippen LogP contribution in [-0.2, 0) is 9.59 Å². The van der Waals surface area contributed by atoms with Gasteiger partial charge in [0.25, 0.3) is 0 Å². The van der Waals surface area contributed by atoms with Crippen molar-refractivity contribution in [2.75, 3.05) is 14.2 Å². The van der Waals surface area contributed by atoms with Gasteiger partial charge >= 0.3 is 11.9 Å². The Morgan fingerprint density at radius 3 is 1.36 bits per heavy atom. The van der Waals surface area contributed by atoms with Crippen LogP contribution in [0.4, 0.5) is 0 Å². The van der Waals surface area contributed by atoms with Crippen molar-refractivity contribution in [3.05, 3.63) is 116 Å². The highest BCUT2D eigenvalue weighted by Crippen LogP contribution is 2.25. The smallest absolute Gasteiger partial charge is 0.343 e. The summed E-state index contributed by atoms with van der Waals surface area (Å²) in [5, 5.41) is 7.76. The Kier molecular flexibility index (Phi) is 12.4. The third-order valence-corrected chi connectivity index (χ3v) is 7.09. The normalized spacial score (nSPS) is 10.8. The maximum absolute atomic E-state index is 12.6. The zero-order valence-electron chi connectivity index (χ0n) is 24.9. The van der Waals surface area contributed by atoms with Crippen LogP contribution in [0.1, 0.15) is 38.3 Å². The first-order valence-corrected chi connectivity index (χ1v) is 15.2. The number of amides is 2. The number of hydrazone groups is 2. The van der Waals surface area contributed by atoms with E-state index in [1.54, 1.807) is 84.9 Å². The van der Waals surface area contributed by atoms with Gasteiger partial charge in [-0.25, -0.2) is 20.4 Å². The molecule has 4 rings (SSSR count). The number of hydrogen-bond donors (Lipinski definition) is 2. The molecule has 0 aliphatic heterocycles. The number of hydrogen-bond acceptors (Lipinski definition) is 10. The standard InChI is InChI=1S/C33H26Br2N4O8/c1-44-26-9-3-20(4-10-26)32(42)46-28-13-7-24(34)15-22(28)18-36-38-30(40)17-31(41)39-37-19-23-16-25(35)8-14-29(23)47-33(43)21-5-11-27(45-2)12-6-21/h3-16,18-19H,17H2,1-2H3,(H,38,40)(H,39,41)/b36-18-,37-19-. The predicted molar refractivity (Wildman–Crippen MR) is 180 cm³/mol. The minimum absolute atomic E-state index is 0.195. The minimum atomic E-state index is -0.725. The molecule has 0 saturated carbocycles. The number of benzene rings is 4. The molecule has 0 aromatic heterocycles. The van der Waals surface area contributed by atoms with Crippen LogP contribution in [0.2, 0.25) is 0 Å². The second-order valence-electron chi connectivity index (χ2n) is 9.36. The largest absolute Gasteiger partial charge is 0.497 e. The van der Waals surface area contributed by atoms with Gasteiger partial charge in [0.2, 0.25) is 11.8 Å². The fourth-order valence-corrected chi connectivity index (χ4v) is 4.53. The van der Waals surface area contributed by atoms with Crippen LogP contribution in [0, 0.1) is 0 Å². The average Bonchev–Trinajstić information content (AvgIpc) is 3.07. The number of rotatable bonds is 12. The van der Waals surface area contributed by atoms with Crippen LogP contribution in [0.25, 0.3) is 0 Å². The highest BCUT2D eigenvalue weighted by Gasteiger charge is 2.14. The number of esters is 2. The average molecular weight is 766 g/mol. The first-order valence-electron chi connectivity index (χ1n) is 13.6. The Morgan fingerprint density at radius 1 is 0.617 bits per heavy atom. The molecular weight excluding hydrogens is 740 g/mol. The summed E-state index contributed by atoms with van der Waals surface area (Å²) in [6.45, 7) is 0. The van der Waals surface area contributed by atoms with Gasteiger partial charge in [-0.1, -0.05) is 31.9 Å². The lowest BCUT2D eigenvalue weighted by Crippen LogP contribution is -2.27. The number of methoxy groups -OCH3 is 2.